The van der Waals surface area contributed by atoms with Gasteiger partial charge in [-0.3, -0.25) is 0 Å². The van der Waals surface area contributed by atoms with Crippen LogP contribution >= 0.6 is 0 Å². The molecule has 1 aliphatic heterocycles. The number of hydrogen-bond donors (Lipinski definition) is 1. The van der Waals surface area contributed by atoms with Crippen molar-refractivity contribution in [3.05, 3.63) is 35.6 Å². The van der Waals surface area contributed by atoms with Crippen molar-refractivity contribution in [3.8, 4) is 0 Å². The van der Waals surface area contributed by atoms with Crippen LogP contribution in [0, 0.1) is 5.82 Å². The molecule has 0 radical (unpaired) electrons. The van der Waals surface area contributed by atoms with Gasteiger partial charge in [-0.05, 0) is 63.5 Å². The van der Waals surface area contributed by atoms with E-state index in [0.717, 1.165) is 25.1 Å². The molecule has 1 atom stereocenters. The lowest BCUT2D eigenvalue weighted by Crippen LogP contribution is -2.37. The Morgan fingerprint density at radius 2 is 2.21 bits per heavy atom. The molecule has 19 heavy (non-hydrogen) atoms. The molecule has 1 unspecified atom stereocenters. The molecule has 2 nitrogen and oxygen atoms in total. The van der Waals surface area contributed by atoms with Crippen molar-refractivity contribution >= 4 is 0 Å². The number of hydrogen-bond acceptors (Lipinski definition) is 2. The number of benzene rings is 1. The summed E-state index contributed by atoms with van der Waals surface area (Å²) in [6, 6.07) is 7.62. The summed E-state index contributed by atoms with van der Waals surface area (Å²) in [5, 5.41) is 3.58. The molecule has 0 spiro atoms. The summed E-state index contributed by atoms with van der Waals surface area (Å²) >= 11 is 0. The summed E-state index contributed by atoms with van der Waals surface area (Å²) in [6.07, 6.45) is 6.15. The Morgan fingerprint density at radius 3 is 2.95 bits per heavy atom. The minimum Gasteiger partial charge on any atom is -0.314 e. The second-order valence-corrected chi connectivity index (χ2v) is 5.62. The number of nitrogens with one attached hydrogen (secondary N) is 1. The molecule has 2 rings (SSSR count). The first-order valence-electron chi connectivity index (χ1n) is 7.40. The van der Waals surface area contributed by atoms with Crippen LogP contribution in [0.2, 0.25) is 0 Å². The first kappa shape index (κ1) is 14.5. The van der Waals surface area contributed by atoms with Crippen molar-refractivity contribution in [2.45, 2.75) is 38.1 Å². The zero-order chi connectivity index (χ0) is 13.5. The minimum absolute atomic E-state index is 0.133. The van der Waals surface area contributed by atoms with Crippen LogP contribution in [0.5, 0.6) is 0 Å². The average Bonchev–Trinajstić information content (AvgIpc) is 2.44. The van der Waals surface area contributed by atoms with Crippen LogP contribution in [-0.4, -0.2) is 37.6 Å². The molecule has 1 fully saturated rings. The Hall–Kier alpha value is -0.930. The quantitative estimate of drug-likeness (QED) is 0.850. The summed E-state index contributed by atoms with van der Waals surface area (Å²) in [4.78, 5) is 2.35. The molecule has 0 bridgehead atoms. The fourth-order valence-electron chi connectivity index (χ4n) is 2.67. The summed E-state index contributed by atoms with van der Waals surface area (Å²) in [5.74, 6) is -0.133. The van der Waals surface area contributed by atoms with Gasteiger partial charge in [0.15, 0.2) is 0 Å². The third-order valence-electron chi connectivity index (χ3n) is 3.94. The highest BCUT2D eigenvalue weighted by atomic mass is 19.1. The topological polar surface area (TPSA) is 15.3 Å². The molecule has 1 aliphatic rings. The fourth-order valence-corrected chi connectivity index (χ4v) is 2.67. The van der Waals surface area contributed by atoms with Gasteiger partial charge in [0.25, 0.3) is 0 Å². The number of likely N-dealkylation sites (N-methyl/N-ethyl adjacent to an activating group) is 1. The highest BCUT2D eigenvalue weighted by molar-refractivity contribution is 5.16. The maximum atomic E-state index is 13.1. The van der Waals surface area contributed by atoms with Gasteiger partial charge < -0.3 is 10.2 Å². The fraction of sp³-hybridized carbons (Fsp3) is 0.625. The van der Waals surface area contributed by atoms with Gasteiger partial charge in [-0.25, -0.2) is 4.39 Å². The van der Waals surface area contributed by atoms with Crippen LogP contribution in [0.1, 0.15) is 31.2 Å². The highest BCUT2D eigenvalue weighted by Gasteiger charge is 2.12. The first-order valence-corrected chi connectivity index (χ1v) is 7.40. The largest absolute Gasteiger partial charge is 0.314 e. The molecule has 0 aromatic heterocycles. The highest BCUT2D eigenvalue weighted by Crippen LogP contribution is 2.11. The predicted molar refractivity (Wildman–Crippen MR) is 77.9 cm³/mol. The Labute approximate surface area is 116 Å². The monoisotopic (exact) mass is 264 g/mol. The van der Waals surface area contributed by atoms with Crippen molar-refractivity contribution in [1.29, 1.82) is 0 Å². The first-order chi connectivity index (χ1) is 9.24. The second-order valence-electron chi connectivity index (χ2n) is 5.62. The third-order valence-corrected chi connectivity index (χ3v) is 3.94. The van der Waals surface area contributed by atoms with Gasteiger partial charge in [0.1, 0.15) is 5.82 Å². The Morgan fingerprint density at radius 1 is 1.32 bits per heavy atom. The molecule has 1 aromatic rings. The smallest absolute Gasteiger partial charge is 0.123 e. The van der Waals surface area contributed by atoms with E-state index in [-0.39, 0.29) is 5.82 Å². The maximum Gasteiger partial charge on any atom is 0.123 e. The standard InChI is InChI=1S/C16H25FN2/c1-19(12-9-16-7-2-3-10-18-16)11-8-14-5-4-6-15(17)13-14/h4-6,13,16,18H,2-3,7-12H2,1H3. The average molecular weight is 264 g/mol. The molecule has 106 valence electrons. The van der Waals surface area contributed by atoms with E-state index in [0.29, 0.717) is 6.04 Å². The third kappa shape index (κ3) is 5.29. The van der Waals surface area contributed by atoms with Gasteiger partial charge >= 0.3 is 0 Å². The van der Waals surface area contributed by atoms with Gasteiger partial charge in [-0.15, -0.1) is 0 Å². The maximum absolute atomic E-state index is 13.1. The van der Waals surface area contributed by atoms with Gasteiger partial charge in [-0.2, -0.15) is 0 Å². The SMILES string of the molecule is CN(CCc1cccc(F)c1)CCC1CCCCN1. The molecule has 1 heterocycles. The lowest BCUT2D eigenvalue weighted by atomic mass is 10.0. The van der Waals surface area contributed by atoms with Crippen molar-refractivity contribution < 1.29 is 4.39 Å². The molecule has 1 N–H and O–H groups in total. The van der Waals surface area contributed by atoms with Crippen LogP contribution in [0.4, 0.5) is 4.39 Å². The van der Waals surface area contributed by atoms with E-state index in [9.17, 15) is 4.39 Å². The van der Waals surface area contributed by atoms with Crippen LogP contribution < -0.4 is 5.32 Å². The number of halogens is 1. The summed E-state index contributed by atoms with van der Waals surface area (Å²) in [6.45, 7) is 3.29. The van der Waals surface area contributed by atoms with E-state index < -0.39 is 0 Å². The van der Waals surface area contributed by atoms with Gasteiger partial charge in [-0.1, -0.05) is 18.6 Å². The summed E-state index contributed by atoms with van der Waals surface area (Å²) in [5.41, 5.74) is 1.09. The molecule has 0 aliphatic carbocycles. The molecule has 1 saturated heterocycles. The van der Waals surface area contributed by atoms with Gasteiger partial charge in [0.2, 0.25) is 0 Å². The number of rotatable bonds is 6. The van der Waals surface area contributed by atoms with Gasteiger partial charge in [0, 0.05) is 12.6 Å². The molecule has 0 saturated carbocycles. The van der Waals surface area contributed by atoms with E-state index in [2.05, 4.69) is 17.3 Å². The van der Waals surface area contributed by atoms with E-state index in [4.69, 9.17) is 0 Å². The second kappa shape index (κ2) is 7.61. The Kier molecular flexibility index (Phi) is 5.80. The normalized spacial score (nSPS) is 19.8. The number of nitrogens with zero attached hydrogens (tertiary/aromatic N) is 1. The van der Waals surface area contributed by atoms with Crippen LogP contribution in [0.25, 0.3) is 0 Å². The zero-order valence-corrected chi connectivity index (χ0v) is 11.9. The van der Waals surface area contributed by atoms with E-state index in [1.54, 1.807) is 12.1 Å². The van der Waals surface area contributed by atoms with Crippen molar-refractivity contribution in [2.75, 3.05) is 26.7 Å². The van der Waals surface area contributed by atoms with Crippen LogP contribution in [0.15, 0.2) is 24.3 Å². The van der Waals surface area contributed by atoms with E-state index in [1.165, 1.54) is 38.3 Å². The molecular weight excluding hydrogens is 239 g/mol. The van der Waals surface area contributed by atoms with E-state index >= 15 is 0 Å². The summed E-state index contributed by atoms with van der Waals surface area (Å²) < 4.78 is 13.1. The Bertz CT molecular complexity index is 375. The van der Waals surface area contributed by atoms with Crippen LogP contribution in [-0.2, 0) is 6.42 Å². The lowest BCUT2D eigenvalue weighted by Gasteiger charge is -2.26. The minimum atomic E-state index is -0.133. The van der Waals surface area contributed by atoms with E-state index in [1.807, 2.05) is 6.07 Å². The number of piperidine rings is 1. The summed E-state index contributed by atoms with van der Waals surface area (Å²) in [7, 11) is 2.15. The molecular formula is C16H25FN2. The van der Waals surface area contributed by atoms with Crippen LogP contribution in [0.3, 0.4) is 0 Å². The van der Waals surface area contributed by atoms with Crippen molar-refractivity contribution in [3.63, 3.8) is 0 Å². The zero-order valence-electron chi connectivity index (χ0n) is 11.9. The molecule has 1 aromatic carbocycles. The Balaban J connectivity index is 1.65. The predicted octanol–water partition coefficient (Wildman–Crippen LogP) is 2.83. The van der Waals surface area contributed by atoms with Crippen molar-refractivity contribution in [2.24, 2.45) is 0 Å². The lowest BCUT2D eigenvalue weighted by molar-refractivity contribution is 0.290. The van der Waals surface area contributed by atoms with Crippen molar-refractivity contribution in [1.82, 2.24) is 10.2 Å². The molecule has 0 amide bonds. The molecule has 3 heteroatoms. The van der Waals surface area contributed by atoms with Gasteiger partial charge in [0.05, 0.1) is 0 Å².